The molecular weight excluding hydrogens is 277 g/mol. The van der Waals surface area contributed by atoms with Crippen molar-refractivity contribution in [2.75, 3.05) is 0 Å². The van der Waals surface area contributed by atoms with Gasteiger partial charge in [0.05, 0.1) is 6.07 Å². The third-order valence-corrected chi connectivity index (χ3v) is 3.26. The number of benzene rings is 2. The van der Waals surface area contributed by atoms with Crippen LogP contribution in [-0.4, -0.2) is 5.78 Å². The minimum Gasteiger partial charge on any atom is -0.292 e. The molecule has 0 aromatic heterocycles. The molecule has 2 aromatic rings. The largest absolute Gasteiger partial charge is 0.292 e. The maximum atomic E-state index is 13.5. The highest BCUT2D eigenvalue weighted by atomic mass is 35.5. The second-order valence-electron chi connectivity index (χ2n) is 4.45. The number of nitriles is 1. The van der Waals surface area contributed by atoms with Crippen molar-refractivity contribution in [3.8, 4) is 6.07 Å². The van der Waals surface area contributed by atoms with Crippen molar-refractivity contribution < 1.29 is 9.18 Å². The molecule has 0 fully saturated rings. The van der Waals surface area contributed by atoms with Gasteiger partial charge in [0.15, 0.2) is 5.78 Å². The second-order valence-corrected chi connectivity index (χ2v) is 4.88. The number of hydrogen-bond acceptors (Lipinski definition) is 2. The normalized spacial score (nSPS) is 11.7. The lowest BCUT2D eigenvalue weighted by molar-refractivity contribution is 0.0978. The monoisotopic (exact) mass is 287 g/mol. The summed E-state index contributed by atoms with van der Waals surface area (Å²) in [5, 5.41) is 9.67. The van der Waals surface area contributed by atoms with Gasteiger partial charge in [-0.05, 0) is 36.2 Å². The minimum atomic E-state index is -0.990. The lowest BCUT2D eigenvalue weighted by Gasteiger charge is -2.09. The average Bonchev–Trinajstić information content (AvgIpc) is 2.42. The van der Waals surface area contributed by atoms with Gasteiger partial charge in [-0.1, -0.05) is 35.9 Å². The number of hydrogen-bond donors (Lipinski definition) is 0. The number of halogens is 2. The summed E-state index contributed by atoms with van der Waals surface area (Å²) < 4.78 is 13.5. The van der Waals surface area contributed by atoms with E-state index in [-0.39, 0.29) is 5.56 Å². The van der Waals surface area contributed by atoms with E-state index < -0.39 is 17.5 Å². The summed E-state index contributed by atoms with van der Waals surface area (Å²) in [7, 11) is 0. The van der Waals surface area contributed by atoms with Gasteiger partial charge in [0.1, 0.15) is 11.7 Å². The van der Waals surface area contributed by atoms with Crippen molar-refractivity contribution in [1.82, 2.24) is 0 Å². The Hall–Kier alpha value is -2.18. The highest BCUT2D eigenvalue weighted by Gasteiger charge is 2.22. The summed E-state index contributed by atoms with van der Waals surface area (Å²) in [6, 6.07) is 12.7. The fraction of sp³-hybridized carbons (Fsp3) is 0.125. The van der Waals surface area contributed by atoms with Crippen LogP contribution >= 0.6 is 11.6 Å². The molecular formula is C16H11ClFNO. The highest BCUT2D eigenvalue weighted by Crippen LogP contribution is 2.24. The first kappa shape index (κ1) is 14.2. The molecule has 0 spiro atoms. The minimum absolute atomic E-state index is 0.180. The lowest BCUT2D eigenvalue weighted by atomic mass is 9.91. The smallest absolute Gasteiger partial charge is 0.184 e. The zero-order valence-electron chi connectivity index (χ0n) is 10.7. The molecule has 1 unspecified atom stereocenters. The predicted octanol–water partition coefficient (Wildman–Crippen LogP) is 4.28. The van der Waals surface area contributed by atoms with Gasteiger partial charge in [0.25, 0.3) is 0 Å². The van der Waals surface area contributed by atoms with Crippen molar-refractivity contribution >= 4 is 17.4 Å². The third kappa shape index (κ3) is 2.87. The Labute approximate surface area is 121 Å². The molecule has 0 heterocycles. The van der Waals surface area contributed by atoms with E-state index in [1.165, 1.54) is 12.1 Å². The summed E-state index contributed by atoms with van der Waals surface area (Å²) in [6.07, 6.45) is 0. The van der Waals surface area contributed by atoms with Crippen LogP contribution in [0.3, 0.4) is 0 Å². The SMILES string of the molecule is Cc1ccc(C(=O)C(C#N)c2cccc(Cl)c2)cc1F. The van der Waals surface area contributed by atoms with Gasteiger partial charge >= 0.3 is 0 Å². The molecule has 4 heteroatoms. The van der Waals surface area contributed by atoms with E-state index in [9.17, 15) is 14.4 Å². The highest BCUT2D eigenvalue weighted by molar-refractivity contribution is 6.30. The van der Waals surface area contributed by atoms with Crippen molar-refractivity contribution in [2.24, 2.45) is 0 Å². The molecule has 0 aliphatic heterocycles. The third-order valence-electron chi connectivity index (χ3n) is 3.03. The number of Topliss-reactive ketones (excluding diaryl/α,β-unsaturated/α-hetero) is 1. The number of carbonyl (C=O) groups is 1. The molecule has 0 aliphatic rings. The fourth-order valence-corrected chi connectivity index (χ4v) is 2.08. The fourth-order valence-electron chi connectivity index (χ4n) is 1.88. The van der Waals surface area contributed by atoms with Crippen LogP contribution in [0.4, 0.5) is 4.39 Å². The van der Waals surface area contributed by atoms with Gasteiger partial charge in [-0.15, -0.1) is 0 Å². The van der Waals surface area contributed by atoms with Crippen LogP contribution in [0.15, 0.2) is 42.5 Å². The Morgan fingerprint density at radius 1 is 1.30 bits per heavy atom. The van der Waals surface area contributed by atoms with Crippen molar-refractivity contribution in [2.45, 2.75) is 12.8 Å². The van der Waals surface area contributed by atoms with Crippen molar-refractivity contribution in [1.29, 1.82) is 5.26 Å². The molecule has 0 amide bonds. The van der Waals surface area contributed by atoms with E-state index in [4.69, 9.17) is 11.6 Å². The molecule has 1 atom stereocenters. The molecule has 100 valence electrons. The molecule has 0 saturated heterocycles. The maximum Gasteiger partial charge on any atom is 0.184 e. The van der Waals surface area contributed by atoms with Crippen LogP contribution in [0.2, 0.25) is 5.02 Å². The van der Waals surface area contributed by atoms with Gasteiger partial charge in [-0.3, -0.25) is 4.79 Å². The number of carbonyl (C=O) groups excluding carboxylic acids is 1. The average molecular weight is 288 g/mol. The molecule has 20 heavy (non-hydrogen) atoms. The Morgan fingerprint density at radius 3 is 2.65 bits per heavy atom. The molecule has 0 aliphatic carbocycles. The Kier molecular flexibility index (Phi) is 4.16. The zero-order valence-corrected chi connectivity index (χ0v) is 11.5. The Bertz CT molecular complexity index is 706. The maximum absolute atomic E-state index is 13.5. The summed E-state index contributed by atoms with van der Waals surface area (Å²) in [6.45, 7) is 1.61. The van der Waals surface area contributed by atoms with E-state index in [0.29, 0.717) is 16.1 Å². The van der Waals surface area contributed by atoms with Crippen LogP contribution in [0.25, 0.3) is 0 Å². The van der Waals surface area contributed by atoms with Crippen LogP contribution in [0.5, 0.6) is 0 Å². The van der Waals surface area contributed by atoms with E-state index in [1.54, 1.807) is 31.2 Å². The summed E-state index contributed by atoms with van der Waals surface area (Å²) in [4.78, 5) is 12.3. The topological polar surface area (TPSA) is 40.9 Å². The van der Waals surface area contributed by atoms with Gasteiger partial charge in [0, 0.05) is 10.6 Å². The second kappa shape index (κ2) is 5.85. The molecule has 0 saturated carbocycles. The predicted molar refractivity (Wildman–Crippen MR) is 75.3 cm³/mol. The van der Waals surface area contributed by atoms with Crippen LogP contribution in [0.1, 0.15) is 27.4 Å². The number of aryl methyl sites for hydroxylation is 1. The van der Waals surface area contributed by atoms with E-state index in [1.807, 2.05) is 6.07 Å². The van der Waals surface area contributed by atoms with Gasteiger partial charge in [-0.25, -0.2) is 4.39 Å². The van der Waals surface area contributed by atoms with E-state index >= 15 is 0 Å². The lowest BCUT2D eigenvalue weighted by Crippen LogP contribution is -2.11. The molecule has 0 radical (unpaired) electrons. The summed E-state index contributed by atoms with van der Waals surface area (Å²) >= 11 is 5.86. The van der Waals surface area contributed by atoms with Gasteiger partial charge < -0.3 is 0 Å². The summed E-state index contributed by atoms with van der Waals surface area (Å²) in [5.74, 6) is -1.89. The first-order valence-electron chi connectivity index (χ1n) is 5.98. The molecule has 2 rings (SSSR count). The Balaban J connectivity index is 2.39. The van der Waals surface area contributed by atoms with E-state index in [0.717, 1.165) is 6.07 Å². The van der Waals surface area contributed by atoms with Crippen LogP contribution < -0.4 is 0 Å². The first-order valence-corrected chi connectivity index (χ1v) is 6.36. The van der Waals surface area contributed by atoms with Crippen molar-refractivity contribution in [3.05, 3.63) is 70.0 Å². The first-order chi connectivity index (χ1) is 9.52. The summed E-state index contributed by atoms with van der Waals surface area (Å²) in [5.41, 5.74) is 1.14. The molecule has 2 nitrogen and oxygen atoms in total. The standard InChI is InChI=1S/C16H11ClFNO/c1-10-5-6-12(8-15(10)18)16(20)14(9-19)11-3-2-4-13(17)7-11/h2-8,14H,1H3. The van der Waals surface area contributed by atoms with Gasteiger partial charge in [0.2, 0.25) is 0 Å². The molecule has 0 N–H and O–H groups in total. The molecule has 2 aromatic carbocycles. The Morgan fingerprint density at radius 2 is 2.05 bits per heavy atom. The number of nitrogens with zero attached hydrogens (tertiary/aromatic N) is 1. The van der Waals surface area contributed by atoms with Gasteiger partial charge in [-0.2, -0.15) is 5.26 Å². The van der Waals surface area contributed by atoms with Crippen molar-refractivity contribution in [3.63, 3.8) is 0 Å². The molecule has 0 bridgehead atoms. The van der Waals surface area contributed by atoms with E-state index in [2.05, 4.69) is 0 Å². The zero-order chi connectivity index (χ0) is 14.7. The number of rotatable bonds is 3. The van der Waals surface area contributed by atoms with Crippen LogP contribution in [0, 0.1) is 24.1 Å². The quantitative estimate of drug-likeness (QED) is 0.791. The number of ketones is 1. The van der Waals surface area contributed by atoms with Crippen LogP contribution in [-0.2, 0) is 0 Å².